The van der Waals surface area contributed by atoms with Crippen LogP contribution in [0.2, 0.25) is 0 Å². The molecule has 7 heteroatoms. The molecule has 178 valence electrons. The van der Waals surface area contributed by atoms with Crippen molar-refractivity contribution in [3.05, 3.63) is 101 Å². The highest BCUT2D eigenvalue weighted by Crippen LogP contribution is 2.33. The number of hydrogen-bond donors (Lipinski definition) is 0. The first-order valence-electron chi connectivity index (χ1n) is 11.3. The lowest BCUT2D eigenvalue weighted by molar-refractivity contribution is -0.123. The van der Waals surface area contributed by atoms with Gasteiger partial charge in [0.15, 0.2) is 0 Å². The van der Waals surface area contributed by atoms with Crippen LogP contribution in [0.1, 0.15) is 24.0 Å². The van der Waals surface area contributed by atoms with Gasteiger partial charge in [-0.1, -0.05) is 84.6 Å². The largest absolute Gasteiger partial charge is 0.497 e. The van der Waals surface area contributed by atoms with Crippen molar-refractivity contribution in [2.24, 2.45) is 0 Å². The Hall–Kier alpha value is -3.42. The highest BCUT2D eigenvalue weighted by molar-refractivity contribution is 8.26. The molecule has 1 aliphatic heterocycles. The van der Waals surface area contributed by atoms with E-state index in [-0.39, 0.29) is 11.8 Å². The fourth-order valence-corrected chi connectivity index (χ4v) is 5.10. The van der Waals surface area contributed by atoms with E-state index >= 15 is 0 Å². The summed E-state index contributed by atoms with van der Waals surface area (Å²) in [7, 11) is 1.61. The minimum absolute atomic E-state index is 0.0115. The summed E-state index contributed by atoms with van der Waals surface area (Å²) < 4.78 is 5.77. The quantitative estimate of drug-likeness (QED) is 0.269. The Balaban J connectivity index is 1.39. The molecule has 3 aromatic carbocycles. The van der Waals surface area contributed by atoms with Gasteiger partial charge in [0.1, 0.15) is 10.1 Å². The highest BCUT2D eigenvalue weighted by atomic mass is 32.2. The van der Waals surface area contributed by atoms with Crippen LogP contribution in [0, 0.1) is 0 Å². The molecule has 1 saturated heterocycles. The molecule has 5 nitrogen and oxygen atoms in total. The zero-order chi connectivity index (χ0) is 24.6. The molecule has 1 heterocycles. The number of thioether (sulfide) groups is 1. The molecule has 1 fully saturated rings. The van der Waals surface area contributed by atoms with Crippen LogP contribution in [-0.4, -0.2) is 34.7 Å². The van der Waals surface area contributed by atoms with E-state index in [9.17, 15) is 9.59 Å². The number of hydrogen-bond acceptors (Lipinski definition) is 5. The molecule has 0 radical (unpaired) electrons. The van der Waals surface area contributed by atoms with E-state index in [1.807, 2.05) is 91.0 Å². The van der Waals surface area contributed by atoms with Crippen molar-refractivity contribution in [1.29, 1.82) is 0 Å². The van der Waals surface area contributed by atoms with Gasteiger partial charge in [-0.3, -0.25) is 14.5 Å². The van der Waals surface area contributed by atoms with E-state index in [1.165, 1.54) is 11.8 Å². The lowest BCUT2D eigenvalue weighted by atomic mass is 10.1. The molecule has 0 saturated carbocycles. The number of amides is 2. The van der Waals surface area contributed by atoms with Gasteiger partial charge in [0.05, 0.1) is 18.6 Å². The Morgan fingerprint density at radius 1 is 1.03 bits per heavy atom. The molecule has 0 bridgehead atoms. The second-order valence-electron chi connectivity index (χ2n) is 8.01. The summed E-state index contributed by atoms with van der Waals surface area (Å²) in [5.41, 5.74) is 2.79. The second-order valence-corrected chi connectivity index (χ2v) is 9.69. The average molecular weight is 503 g/mol. The predicted molar refractivity (Wildman–Crippen MR) is 146 cm³/mol. The van der Waals surface area contributed by atoms with Gasteiger partial charge in [-0.25, -0.2) is 0 Å². The van der Waals surface area contributed by atoms with Crippen molar-refractivity contribution in [1.82, 2.24) is 4.90 Å². The summed E-state index contributed by atoms with van der Waals surface area (Å²) in [6.45, 7) is 0.897. The van der Waals surface area contributed by atoms with Crippen LogP contribution in [0.4, 0.5) is 5.69 Å². The second kappa shape index (κ2) is 11.8. The van der Waals surface area contributed by atoms with Crippen molar-refractivity contribution < 1.29 is 14.3 Å². The van der Waals surface area contributed by atoms with Crippen LogP contribution in [0.25, 0.3) is 6.08 Å². The van der Waals surface area contributed by atoms with Crippen molar-refractivity contribution in [2.75, 3.05) is 18.6 Å². The fraction of sp³-hybridized carbons (Fsp3) is 0.179. The first-order valence-corrected chi connectivity index (χ1v) is 12.6. The van der Waals surface area contributed by atoms with Crippen LogP contribution >= 0.6 is 24.0 Å². The van der Waals surface area contributed by atoms with Crippen LogP contribution < -0.4 is 9.64 Å². The summed E-state index contributed by atoms with van der Waals surface area (Å²) in [5.74, 6) is 0.614. The maximum Gasteiger partial charge on any atom is 0.266 e. The standard InChI is InChI=1S/C28H26N2O3S2/c1-33-24-15-8-12-22(18-24)19-25-27(32)29(28(34)35-25)17-9-16-26(31)30(23-13-6-3-7-14-23)20-21-10-4-2-5-11-21/h2-8,10-15,18-19H,9,16-17,20H2,1H3. The third-order valence-corrected chi connectivity index (χ3v) is 6.97. The number of ether oxygens (including phenoxy) is 1. The number of carbonyl (C=O) groups excluding carboxylic acids is 2. The molecule has 0 spiro atoms. The molecule has 0 aliphatic carbocycles. The summed E-state index contributed by atoms with van der Waals surface area (Å²) in [4.78, 5) is 30.1. The van der Waals surface area contributed by atoms with Gasteiger partial charge in [-0.15, -0.1) is 0 Å². The Kier molecular flexibility index (Phi) is 8.34. The van der Waals surface area contributed by atoms with E-state index in [0.29, 0.717) is 35.2 Å². The third kappa shape index (κ3) is 6.38. The minimum Gasteiger partial charge on any atom is -0.497 e. The normalized spacial score (nSPS) is 14.4. The Morgan fingerprint density at radius 3 is 2.46 bits per heavy atom. The Morgan fingerprint density at radius 2 is 1.74 bits per heavy atom. The maximum absolute atomic E-state index is 13.2. The molecule has 0 unspecified atom stereocenters. The van der Waals surface area contributed by atoms with E-state index in [1.54, 1.807) is 16.9 Å². The van der Waals surface area contributed by atoms with Gasteiger partial charge < -0.3 is 9.64 Å². The van der Waals surface area contributed by atoms with E-state index in [2.05, 4.69) is 0 Å². The summed E-state index contributed by atoms with van der Waals surface area (Å²) >= 11 is 6.75. The summed E-state index contributed by atoms with van der Waals surface area (Å²) in [6.07, 6.45) is 2.66. The lowest BCUT2D eigenvalue weighted by Crippen LogP contribution is -2.33. The molecule has 0 atom stereocenters. The number of carbonyl (C=O) groups is 2. The summed E-state index contributed by atoms with van der Waals surface area (Å²) in [6, 6.07) is 27.1. The third-order valence-electron chi connectivity index (χ3n) is 5.59. The molecule has 0 N–H and O–H groups in total. The van der Waals surface area contributed by atoms with Crippen LogP contribution in [0.5, 0.6) is 5.75 Å². The monoisotopic (exact) mass is 502 g/mol. The van der Waals surface area contributed by atoms with Gasteiger partial charge in [0.2, 0.25) is 5.91 Å². The number of para-hydroxylation sites is 1. The zero-order valence-electron chi connectivity index (χ0n) is 19.4. The van der Waals surface area contributed by atoms with Crippen LogP contribution in [0.3, 0.4) is 0 Å². The van der Waals surface area contributed by atoms with Gasteiger partial charge in [-0.2, -0.15) is 0 Å². The number of methoxy groups -OCH3 is 1. The van der Waals surface area contributed by atoms with E-state index in [0.717, 1.165) is 22.6 Å². The molecule has 0 aromatic heterocycles. The Labute approximate surface area is 215 Å². The van der Waals surface area contributed by atoms with Crippen molar-refractivity contribution >= 4 is 51.9 Å². The van der Waals surface area contributed by atoms with Gasteiger partial charge in [-0.05, 0) is 47.9 Å². The molecular weight excluding hydrogens is 476 g/mol. The summed E-state index contributed by atoms with van der Waals surface area (Å²) in [5, 5.41) is 0. The first kappa shape index (κ1) is 24.7. The lowest BCUT2D eigenvalue weighted by Gasteiger charge is -2.24. The average Bonchev–Trinajstić information content (AvgIpc) is 3.15. The topological polar surface area (TPSA) is 49.9 Å². The SMILES string of the molecule is COc1cccc(C=C2SC(=S)N(CCCC(=O)N(Cc3ccccc3)c3ccccc3)C2=O)c1. The zero-order valence-corrected chi connectivity index (χ0v) is 21.1. The number of benzene rings is 3. The highest BCUT2D eigenvalue weighted by Gasteiger charge is 2.31. The van der Waals surface area contributed by atoms with E-state index < -0.39 is 0 Å². The van der Waals surface area contributed by atoms with Crippen molar-refractivity contribution in [3.8, 4) is 5.75 Å². The van der Waals surface area contributed by atoms with Gasteiger partial charge >= 0.3 is 0 Å². The smallest absolute Gasteiger partial charge is 0.266 e. The number of anilines is 1. The molecule has 1 aliphatic rings. The molecular formula is C28H26N2O3S2. The first-order chi connectivity index (χ1) is 17.0. The van der Waals surface area contributed by atoms with Crippen LogP contribution in [0.15, 0.2) is 89.8 Å². The molecule has 35 heavy (non-hydrogen) atoms. The number of thiocarbonyl (C=S) groups is 1. The minimum atomic E-state index is -0.125. The maximum atomic E-state index is 13.2. The molecule has 3 aromatic rings. The number of nitrogens with zero attached hydrogens (tertiary/aromatic N) is 2. The fourth-order valence-electron chi connectivity index (χ4n) is 3.80. The van der Waals surface area contributed by atoms with Crippen molar-refractivity contribution in [3.63, 3.8) is 0 Å². The predicted octanol–water partition coefficient (Wildman–Crippen LogP) is 5.91. The van der Waals surface area contributed by atoms with E-state index in [4.69, 9.17) is 17.0 Å². The number of rotatable bonds is 9. The van der Waals surface area contributed by atoms with Gasteiger partial charge in [0, 0.05) is 18.7 Å². The molecule has 2 amide bonds. The van der Waals surface area contributed by atoms with Crippen LogP contribution in [-0.2, 0) is 16.1 Å². The molecule has 4 rings (SSSR count). The Bertz CT molecular complexity index is 1230. The van der Waals surface area contributed by atoms with Gasteiger partial charge in [0.25, 0.3) is 5.91 Å². The van der Waals surface area contributed by atoms with Crippen molar-refractivity contribution in [2.45, 2.75) is 19.4 Å².